The standard InChI is InChI=1S/C11H7F6N3OS/c1-22-9(19-5-18)20-8-3-2-6(21-11(15,16)17)4-7(8)10(12,13)14/h2-4H,1H3,(H,19,20). The number of nitriles is 1. The van der Waals surface area contributed by atoms with Crippen LogP contribution in [0, 0.1) is 11.5 Å². The van der Waals surface area contributed by atoms with Crippen LogP contribution in [0.1, 0.15) is 5.56 Å². The van der Waals surface area contributed by atoms with E-state index in [-0.39, 0.29) is 11.2 Å². The third kappa shape index (κ3) is 5.36. The van der Waals surface area contributed by atoms with Gasteiger partial charge < -0.3 is 4.74 Å². The minimum Gasteiger partial charge on any atom is -0.406 e. The van der Waals surface area contributed by atoms with Crippen molar-refractivity contribution in [1.82, 2.24) is 5.32 Å². The molecule has 0 unspecified atom stereocenters. The number of benzene rings is 1. The van der Waals surface area contributed by atoms with Crippen molar-refractivity contribution >= 4 is 22.6 Å². The van der Waals surface area contributed by atoms with E-state index in [0.29, 0.717) is 6.07 Å². The van der Waals surface area contributed by atoms with Gasteiger partial charge in [0.25, 0.3) is 0 Å². The fraction of sp³-hybridized carbons (Fsp3) is 0.273. The third-order valence-corrected chi connectivity index (χ3v) is 2.67. The summed E-state index contributed by atoms with van der Waals surface area (Å²) in [7, 11) is 0. The van der Waals surface area contributed by atoms with E-state index in [9.17, 15) is 26.3 Å². The Kier molecular flexibility index (Phi) is 5.54. The Balaban J connectivity index is 3.32. The molecule has 1 rings (SSSR count). The van der Waals surface area contributed by atoms with Crippen LogP contribution in [0.15, 0.2) is 23.2 Å². The largest absolute Gasteiger partial charge is 0.573 e. The summed E-state index contributed by atoms with van der Waals surface area (Å²) in [4.78, 5) is 3.56. The van der Waals surface area contributed by atoms with Crippen molar-refractivity contribution in [2.75, 3.05) is 6.26 Å². The molecule has 0 amide bonds. The van der Waals surface area contributed by atoms with Crippen LogP contribution in [0.3, 0.4) is 0 Å². The molecule has 0 fully saturated rings. The summed E-state index contributed by atoms with van der Waals surface area (Å²) in [6, 6.07) is 1.61. The molecule has 0 heterocycles. The fourth-order valence-electron chi connectivity index (χ4n) is 1.32. The molecule has 0 aliphatic heterocycles. The Morgan fingerprint density at radius 3 is 2.36 bits per heavy atom. The van der Waals surface area contributed by atoms with E-state index in [1.807, 2.05) is 0 Å². The maximum Gasteiger partial charge on any atom is 0.573 e. The number of aliphatic imine (C=N–C) groups is 1. The van der Waals surface area contributed by atoms with Crippen LogP contribution < -0.4 is 10.1 Å². The molecule has 11 heteroatoms. The molecule has 0 aliphatic rings. The van der Waals surface area contributed by atoms with Gasteiger partial charge in [0.05, 0.1) is 11.3 Å². The minimum absolute atomic E-state index is 0.141. The first-order valence-electron chi connectivity index (χ1n) is 5.31. The van der Waals surface area contributed by atoms with E-state index in [1.165, 1.54) is 12.4 Å². The highest BCUT2D eigenvalue weighted by Crippen LogP contribution is 2.39. The molecule has 0 aliphatic carbocycles. The number of thioether (sulfide) groups is 1. The zero-order chi connectivity index (χ0) is 17.0. The zero-order valence-electron chi connectivity index (χ0n) is 10.7. The number of nitrogens with zero attached hydrogens (tertiary/aromatic N) is 2. The zero-order valence-corrected chi connectivity index (χ0v) is 11.5. The Labute approximate surface area is 124 Å². The number of hydrogen-bond donors (Lipinski definition) is 1. The van der Waals surface area contributed by atoms with Crippen LogP contribution in [0.5, 0.6) is 5.75 Å². The van der Waals surface area contributed by atoms with Gasteiger partial charge in [-0.05, 0) is 24.5 Å². The van der Waals surface area contributed by atoms with Gasteiger partial charge in [0.2, 0.25) is 0 Å². The molecule has 0 radical (unpaired) electrons. The van der Waals surface area contributed by atoms with Gasteiger partial charge in [0.15, 0.2) is 11.4 Å². The molecule has 1 aromatic rings. The summed E-state index contributed by atoms with van der Waals surface area (Å²) in [5.74, 6) is -1.02. The summed E-state index contributed by atoms with van der Waals surface area (Å²) >= 11 is 0.861. The second-order valence-electron chi connectivity index (χ2n) is 3.58. The molecule has 4 nitrogen and oxygen atoms in total. The number of hydrogen-bond acceptors (Lipinski definition) is 4. The van der Waals surface area contributed by atoms with Crippen molar-refractivity contribution in [1.29, 1.82) is 5.26 Å². The lowest BCUT2D eigenvalue weighted by Gasteiger charge is -2.14. The second-order valence-corrected chi connectivity index (χ2v) is 4.38. The molecule has 0 saturated heterocycles. The Bertz CT molecular complexity index is 605. The van der Waals surface area contributed by atoms with Gasteiger partial charge in [0, 0.05) is 0 Å². The maximum absolute atomic E-state index is 12.9. The van der Waals surface area contributed by atoms with Crippen LogP contribution in [-0.4, -0.2) is 17.8 Å². The lowest BCUT2D eigenvalue weighted by Crippen LogP contribution is -2.18. The van der Waals surface area contributed by atoms with E-state index in [1.54, 1.807) is 0 Å². The summed E-state index contributed by atoms with van der Waals surface area (Å²) in [5, 5.41) is 10.3. The van der Waals surface area contributed by atoms with Crippen molar-refractivity contribution in [2.24, 2.45) is 4.99 Å². The van der Waals surface area contributed by atoms with Crippen LogP contribution >= 0.6 is 11.8 Å². The molecule has 1 aromatic carbocycles. The Hall–Kier alpha value is -2.09. The SMILES string of the molecule is CSC(=Nc1ccc(OC(F)(F)F)cc1C(F)(F)F)NC#N. The minimum atomic E-state index is -5.11. The molecule has 0 saturated carbocycles. The summed E-state index contributed by atoms with van der Waals surface area (Å²) in [6.07, 6.45) is -7.12. The number of halogens is 6. The van der Waals surface area contributed by atoms with Gasteiger partial charge in [-0.2, -0.15) is 18.4 Å². The van der Waals surface area contributed by atoms with Crippen LogP contribution in [-0.2, 0) is 6.18 Å². The molecule has 22 heavy (non-hydrogen) atoms. The summed E-state index contributed by atoms with van der Waals surface area (Å²) < 4.78 is 78.3. The van der Waals surface area contributed by atoms with Crippen LogP contribution in [0.4, 0.5) is 32.0 Å². The van der Waals surface area contributed by atoms with E-state index in [4.69, 9.17) is 5.26 Å². The first-order valence-corrected chi connectivity index (χ1v) is 6.54. The molecule has 0 bridgehead atoms. The number of nitrogens with one attached hydrogen (secondary N) is 1. The Morgan fingerprint density at radius 2 is 1.91 bits per heavy atom. The van der Waals surface area contributed by atoms with Gasteiger partial charge in [-0.1, -0.05) is 11.8 Å². The lowest BCUT2D eigenvalue weighted by molar-refractivity contribution is -0.274. The molecule has 0 aromatic heterocycles. The van der Waals surface area contributed by atoms with E-state index >= 15 is 0 Å². The predicted octanol–water partition coefficient (Wildman–Crippen LogP) is 4.03. The topological polar surface area (TPSA) is 57.4 Å². The van der Waals surface area contributed by atoms with Crippen LogP contribution in [0.2, 0.25) is 0 Å². The number of ether oxygens (including phenoxy) is 1. The second kappa shape index (κ2) is 6.78. The van der Waals surface area contributed by atoms with Crippen molar-refractivity contribution < 1.29 is 31.1 Å². The van der Waals surface area contributed by atoms with Gasteiger partial charge >= 0.3 is 12.5 Å². The normalized spacial score (nSPS) is 12.7. The molecule has 0 spiro atoms. The van der Waals surface area contributed by atoms with Gasteiger partial charge in [-0.3, -0.25) is 5.32 Å². The molecule has 0 atom stereocenters. The average molecular weight is 343 g/mol. The number of amidine groups is 1. The summed E-state index contributed by atoms with van der Waals surface area (Å²) in [6.45, 7) is 0. The highest BCUT2D eigenvalue weighted by Gasteiger charge is 2.36. The van der Waals surface area contributed by atoms with Crippen molar-refractivity contribution in [3.05, 3.63) is 23.8 Å². The third-order valence-electron chi connectivity index (χ3n) is 2.09. The smallest absolute Gasteiger partial charge is 0.406 e. The first kappa shape index (κ1) is 18.0. The van der Waals surface area contributed by atoms with Crippen LogP contribution in [0.25, 0.3) is 0 Å². The predicted molar refractivity (Wildman–Crippen MR) is 67.5 cm³/mol. The van der Waals surface area contributed by atoms with Gasteiger partial charge in [-0.25, -0.2) is 4.99 Å². The van der Waals surface area contributed by atoms with Crippen molar-refractivity contribution in [3.63, 3.8) is 0 Å². The Morgan fingerprint density at radius 1 is 1.27 bits per heavy atom. The fourth-order valence-corrected chi connectivity index (χ4v) is 1.66. The molecule has 1 N–H and O–H groups in total. The maximum atomic E-state index is 12.9. The monoisotopic (exact) mass is 343 g/mol. The number of alkyl halides is 6. The van der Waals surface area contributed by atoms with Crippen molar-refractivity contribution in [2.45, 2.75) is 12.5 Å². The highest BCUT2D eigenvalue weighted by molar-refractivity contribution is 8.13. The first-order chi connectivity index (χ1) is 10.1. The number of rotatable bonds is 2. The quantitative estimate of drug-likeness (QED) is 0.290. The van der Waals surface area contributed by atoms with E-state index in [0.717, 1.165) is 17.8 Å². The van der Waals surface area contributed by atoms with Gasteiger partial charge in [0.1, 0.15) is 5.75 Å². The summed E-state index contributed by atoms with van der Waals surface area (Å²) in [5.41, 5.74) is -2.06. The van der Waals surface area contributed by atoms with Crippen molar-refractivity contribution in [3.8, 4) is 11.9 Å². The van der Waals surface area contributed by atoms with E-state index < -0.39 is 29.5 Å². The highest BCUT2D eigenvalue weighted by atomic mass is 32.2. The van der Waals surface area contributed by atoms with Gasteiger partial charge in [-0.15, -0.1) is 13.2 Å². The lowest BCUT2D eigenvalue weighted by atomic mass is 10.1. The average Bonchev–Trinajstić information content (AvgIpc) is 2.36. The van der Waals surface area contributed by atoms with E-state index in [2.05, 4.69) is 15.0 Å². The molecule has 120 valence electrons. The molecular formula is C11H7F6N3OS. The molecular weight excluding hydrogens is 336 g/mol.